The van der Waals surface area contributed by atoms with Crippen molar-refractivity contribution in [3.63, 3.8) is 0 Å². The number of nitriles is 1. The van der Waals surface area contributed by atoms with E-state index in [0.29, 0.717) is 50.5 Å². The van der Waals surface area contributed by atoms with Gasteiger partial charge >= 0.3 is 0 Å². The fraction of sp³-hybridized carbons (Fsp3) is 0. The molecule has 0 unspecified atom stereocenters. The summed E-state index contributed by atoms with van der Waals surface area (Å²) in [7, 11) is 0. The van der Waals surface area contributed by atoms with Gasteiger partial charge in [0.05, 0.1) is 45.6 Å². The summed E-state index contributed by atoms with van der Waals surface area (Å²) in [6, 6.07) is 77.2. The standard InChI is InChI=1S/C68H36N4O3/c1-70-60-58(40-19-7-3-8-20-40)53(38-69)61(71-54-36-29-42(39-17-5-2-6-18-39)37-52(54)48-32-35-49-43-23-11-14-26-55(43)73-66(49)62(48)71)59(41-21-9-4-10-22-41)65(60)72-63-46(30-33-50-44-24-12-15-27-56(44)74-67(50)63)47-31-34-51-45-25-13-16-28-57(45)75-68(51)64(47)72/h2-37H. The molecule has 0 aliphatic carbocycles. The molecule has 346 valence electrons. The molecule has 0 atom stereocenters. The summed E-state index contributed by atoms with van der Waals surface area (Å²) in [6.45, 7) is 9.54. The first kappa shape index (κ1) is 41.1. The Hall–Kier alpha value is -10.6. The van der Waals surface area contributed by atoms with E-state index in [-0.39, 0.29) is 0 Å². The molecule has 7 nitrogen and oxygen atoms in total. The SMILES string of the molecule is [C-]#[N+]c1c(-c2ccccc2)c(C#N)c(-n2c3ccc(-c4ccccc4)cc3c3ccc4c5ccccc5oc4c32)c(-c2ccccc2)c1-n1c2c(ccc3c4ccccc4oc32)c2ccc3c4ccccc4oc3c21. The van der Waals surface area contributed by atoms with Crippen LogP contribution in [0.5, 0.6) is 0 Å². The number of fused-ring (bicyclic) bond motifs is 18. The van der Waals surface area contributed by atoms with Gasteiger partial charge in [0.2, 0.25) is 5.69 Å². The molecule has 5 aromatic heterocycles. The molecule has 16 aromatic rings. The number of benzene rings is 11. The predicted molar refractivity (Wildman–Crippen MR) is 304 cm³/mol. The number of hydrogen-bond donors (Lipinski definition) is 0. The van der Waals surface area contributed by atoms with E-state index in [1.807, 2.05) is 109 Å². The summed E-state index contributed by atoms with van der Waals surface area (Å²) < 4.78 is 25.6. The Bertz CT molecular complexity index is 5070. The van der Waals surface area contributed by atoms with Crippen molar-refractivity contribution in [2.45, 2.75) is 0 Å². The Labute approximate surface area is 426 Å². The Balaban J connectivity index is 1.20. The summed E-state index contributed by atoms with van der Waals surface area (Å²) in [6.07, 6.45) is 0. The molecule has 0 saturated carbocycles. The number of nitrogens with zero attached hydrogens (tertiary/aromatic N) is 4. The molecule has 0 N–H and O–H groups in total. The lowest BCUT2D eigenvalue weighted by atomic mass is 9.88. The lowest BCUT2D eigenvalue weighted by molar-refractivity contribution is 0.669. The Kier molecular flexibility index (Phi) is 8.46. The molecule has 0 fully saturated rings. The molecular weight excluding hydrogens is 921 g/mol. The molecular formula is C68H36N4O3. The first-order valence-electron chi connectivity index (χ1n) is 24.9. The first-order valence-corrected chi connectivity index (χ1v) is 24.9. The van der Waals surface area contributed by atoms with Crippen LogP contribution in [0.1, 0.15) is 5.56 Å². The minimum Gasteiger partial charge on any atom is -0.454 e. The molecule has 0 spiro atoms. The van der Waals surface area contributed by atoms with Crippen LogP contribution in [-0.2, 0) is 0 Å². The van der Waals surface area contributed by atoms with Gasteiger partial charge < -0.3 is 22.4 Å². The minimum atomic E-state index is 0.307. The van der Waals surface area contributed by atoms with E-state index in [9.17, 15) is 11.8 Å². The molecule has 75 heavy (non-hydrogen) atoms. The normalized spacial score (nSPS) is 12.0. The van der Waals surface area contributed by atoms with Crippen LogP contribution >= 0.6 is 0 Å². The van der Waals surface area contributed by atoms with Gasteiger partial charge in [-0.05, 0) is 70.8 Å². The molecule has 0 radical (unpaired) electrons. The average Bonchev–Trinajstić information content (AvgIpc) is 4.31. The predicted octanol–water partition coefficient (Wildman–Crippen LogP) is 19.0. The molecule has 0 aliphatic heterocycles. The van der Waals surface area contributed by atoms with Crippen LogP contribution in [0.4, 0.5) is 5.69 Å². The quantitative estimate of drug-likeness (QED) is 0.161. The second-order valence-electron chi connectivity index (χ2n) is 19.2. The molecule has 0 saturated heterocycles. The highest BCUT2D eigenvalue weighted by molar-refractivity contribution is 6.28. The third-order valence-corrected chi connectivity index (χ3v) is 15.4. The lowest BCUT2D eigenvalue weighted by Crippen LogP contribution is -2.09. The molecule has 11 aromatic carbocycles. The van der Waals surface area contributed by atoms with Crippen molar-refractivity contribution in [3.05, 3.63) is 235 Å². The van der Waals surface area contributed by atoms with Gasteiger partial charge in [-0.3, -0.25) is 0 Å². The van der Waals surface area contributed by atoms with Gasteiger partial charge in [-0.25, -0.2) is 4.85 Å². The summed E-state index contributed by atoms with van der Waals surface area (Å²) in [5.41, 5.74) is 14.2. The van der Waals surface area contributed by atoms with Crippen LogP contribution < -0.4 is 0 Å². The van der Waals surface area contributed by atoms with Crippen LogP contribution in [-0.4, -0.2) is 9.13 Å². The Morgan fingerprint density at radius 2 is 0.773 bits per heavy atom. The molecule has 0 amide bonds. The van der Waals surface area contributed by atoms with E-state index < -0.39 is 0 Å². The topological polar surface area (TPSA) is 77.4 Å². The van der Waals surface area contributed by atoms with Gasteiger partial charge in [-0.1, -0.05) is 170 Å². The van der Waals surface area contributed by atoms with Crippen molar-refractivity contribution in [2.24, 2.45) is 0 Å². The highest BCUT2D eigenvalue weighted by Gasteiger charge is 2.34. The maximum atomic E-state index is 12.2. The summed E-state index contributed by atoms with van der Waals surface area (Å²) >= 11 is 0. The van der Waals surface area contributed by atoms with Crippen LogP contribution in [0.3, 0.4) is 0 Å². The van der Waals surface area contributed by atoms with Crippen molar-refractivity contribution < 1.29 is 13.3 Å². The summed E-state index contributed by atoms with van der Waals surface area (Å²) in [4.78, 5) is 4.62. The van der Waals surface area contributed by atoms with Gasteiger partial charge in [0, 0.05) is 65.0 Å². The van der Waals surface area contributed by atoms with E-state index in [2.05, 4.69) is 129 Å². The number of furan rings is 3. The fourth-order valence-electron chi connectivity index (χ4n) is 12.2. The third-order valence-electron chi connectivity index (χ3n) is 15.4. The lowest BCUT2D eigenvalue weighted by Gasteiger charge is -2.25. The molecule has 0 bridgehead atoms. The van der Waals surface area contributed by atoms with Crippen LogP contribution in [0.15, 0.2) is 232 Å². The second-order valence-corrected chi connectivity index (χ2v) is 19.2. The van der Waals surface area contributed by atoms with Gasteiger partial charge in [-0.15, -0.1) is 0 Å². The van der Waals surface area contributed by atoms with E-state index in [0.717, 1.165) is 115 Å². The minimum absolute atomic E-state index is 0.307. The van der Waals surface area contributed by atoms with Crippen molar-refractivity contribution in [1.82, 2.24) is 9.13 Å². The monoisotopic (exact) mass is 956 g/mol. The average molecular weight is 957 g/mol. The van der Waals surface area contributed by atoms with Crippen LogP contribution in [0, 0.1) is 17.9 Å². The number of para-hydroxylation sites is 3. The van der Waals surface area contributed by atoms with E-state index >= 15 is 0 Å². The fourth-order valence-corrected chi connectivity index (χ4v) is 12.2. The van der Waals surface area contributed by atoms with Gasteiger partial charge in [0.15, 0.2) is 16.7 Å². The van der Waals surface area contributed by atoms with E-state index in [1.165, 1.54) is 0 Å². The smallest absolute Gasteiger partial charge is 0.220 e. The highest BCUT2D eigenvalue weighted by Crippen LogP contribution is 2.55. The molecule has 16 rings (SSSR count). The maximum Gasteiger partial charge on any atom is 0.220 e. The number of aromatic nitrogens is 2. The third kappa shape index (κ3) is 5.61. The first-order chi connectivity index (χ1) is 37.2. The van der Waals surface area contributed by atoms with Gasteiger partial charge in [0.1, 0.15) is 22.8 Å². The Morgan fingerprint density at radius 3 is 1.25 bits per heavy atom. The zero-order valence-corrected chi connectivity index (χ0v) is 39.8. The van der Waals surface area contributed by atoms with Gasteiger partial charge in [0.25, 0.3) is 0 Å². The number of rotatable bonds is 5. The second kappa shape index (κ2) is 15.5. The number of hydrogen-bond acceptors (Lipinski definition) is 4. The van der Waals surface area contributed by atoms with Crippen LogP contribution in [0.25, 0.3) is 159 Å². The van der Waals surface area contributed by atoms with Gasteiger partial charge in [-0.2, -0.15) is 5.26 Å². The van der Waals surface area contributed by atoms with E-state index in [1.54, 1.807) is 0 Å². The Morgan fingerprint density at radius 1 is 0.360 bits per heavy atom. The van der Waals surface area contributed by atoms with Crippen molar-refractivity contribution >= 4 is 115 Å². The molecule has 0 aliphatic rings. The zero-order valence-electron chi connectivity index (χ0n) is 39.8. The summed E-state index contributed by atoms with van der Waals surface area (Å²) in [5.74, 6) is 0. The largest absolute Gasteiger partial charge is 0.454 e. The van der Waals surface area contributed by atoms with Crippen molar-refractivity contribution in [2.75, 3.05) is 0 Å². The van der Waals surface area contributed by atoms with Crippen LogP contribution in [0.2, 0.25) is 0 Å². The highest BCUT2D eigenvalue weighted by atomic mass is 16.3. The van der Waals surface area contributed by atoms with E-state index in [4.69, 9.17) is 13.3 Å². The van der Waals surface area contributed by atoms with Crippen molar-refractivity contribution in [3.8, 4) is 50.8 Å². The van der Waals surface area contributed by atoms with Crippen molar-refractivity contribution in [1.29, 1.82) is 5.26 Å². The summed E-state index contributed by atoms with van der Waals surface area (Å²) in [5, 5.41) is 21.8. The zero-order chi connectivity index (χ0) is 49.5. The molecule has 7 heteroatoms. The molecule has 5 heterocycles. The maximum absolute atomic E-state index is 12.2.